The van der Waals surface area contributed by atoms with Crippen LogP contribution in [0.25, 0.3) is 11.3 Å². The third kappa shape index (κ3) is 2.27. The standard InChI is InChI=1S/C12H12BNO2S/c15-13(16)10-5-3-8(4-6-10)11-7-17-12(14-11)9-1-2-9/h3-7,9,15-16H,1-2H2. The van der Waals surface area contributed by atoms with Gasteiger partial charge in [-0.15, -0.1) is 11.3 Å². The van der Waals surface area contributed by atoms with Crippen molar-refractivity contribution in [3.05, 3.63) is 34.7 Å². The van der Waals surface area contributed by atoms with Crippen molar-refractivity contribution >= 4 is 23.9 Å². The molecular formula is C12H12BNO2S. The molecule has 17 heavy (non-hydrogen) atoms. The van der Waals surface area contributed by atoms with Gasteiger partial charge in [-0.25, -0.2) is 4.98 Å². The molecule has 1 aliphatic carbocycles. The average Bonchev–Trinajstić information content (AvgIpc) is 3.07. The number of benzene rings is 1. The van der Waals surface area contributed by atoms with Crippen LogP contribution in [0.15, 0.2) is 29.6 Å². The predicted molar refractivity (Wildman–Crippen MR) is 69.4 cm³/mol. The van der Waals surface area contributed by atoms with E-state index in [9.17, 15) is 0 Å². The minimum absolute atomic E-state index is 0.506. The molecule has 0 unspecified atom stereocenters. The Morgan fingerprint density at radius 2 is 1.88 bits per heavy atom. The molecule has 2 aromatic rings. The summed E-state index contributed by atoms with van der Waals surface area (Å²) >= 11 is 1.72. The Morgan fingerprint density at radius 1 is 1.18 bits per heavy atom. The normalized spacial score (nSPS) is 14.9. The maximum absolute atomic E-state index is 9.01. The monoisotopic (exact) mass is 245 g/mol. The van der Waals surface area contributed by atoms with Crippen LogP contribution < -0.4 is 5.46 Å². The van der Waals surface area contributed by atoms with Gasteiger partial charge in [0.2, 0.25) is 0 Å². The molecule has 86 valence electrons. The SMILES string of the molecule is OB(O)c1ccc(-c2csc(C3CC3)n2)cc1. The Morgan fingerprint density at radius 3 is 2.47 bits per heavy atom. The summed E-state index contributed by atoms with van der Waals surface area (Å²) in [5, 5.41) is 21.3. The first-order valence-corrected chi connectivity index (χ1v) is 6.54. The molecule has 1 saturated carbocycles. The molecule has 0 saturated heterocycles. The van der Waals surface area contributed by atoms with Crippen molar-refractivity contribution in [1.82, 2.24) is 4.98 Å². The number of aromatic nitrogens is 1. The molecule has 1 aromatic carbocycles. The fourth-order valence-corrected chi connectivity index (χ4v) is 2.76. The van der Waals surface area contributed by atoms with Crippen LogP contribution >= 0.6 is 11.3 Å². The van der Waals surface area contributed by atoms with E-state index in [1.165, 1.54) is 17.8 Å². The summed E-state index contributed by atoms with van der Waals surface area (Å²) in [6.45, 7) is 0. The van der Waals surface area contributed by atoms with Gasteiger partial charge in [-0.2, -0.15) is 0 Å². The minimum atomic E-state index is -1.40. The zero-order chi connectivity index (χ0) is 11.8. The highest BCUT2D eigenvalue weighted by atomic mass is 32.1. The van der Waals surface area contributed by atoms with Crippen LogP contribution in [0.5, 0.6) is 0 Å². The number of hydrogen-bond donors (Lipinski definition) is 2. The largest absolute Gasteiger partial charge is 0.488 e. The second-order valence-electron chi connectivity index (χ2n) is 4.34. The van der Waals surface area contributed by atoms with E-state index in [2.05, 4.69) is 10.4 Å². The molecule has 0 aliphatic heterocycles. The summed E-state index contributed by atoms with van der Waals surface area (Å²) in [6, 6.07) is 7.19. The van der Waals surface area contributed by atoms with Gasteiger partial charge in [-0.05, 0) is 18.3 Å². The van der Waals surface area contributed by atoms with Gasteiger partial charge in [-0.1, -0.05) is 24.3 Å². The average molecular weight is 245 g/mol. The van der Waals surface area contributed by atoms with Crippen LogP contribution in [0.1, 0.15) is 23.8 Å². The van der Waals surface area contributed by atoms with Crippen LogP contribution in [0.2, 0.25) is 0 Å². The second-order valence-corrected chi connectivity index (χ2v) is 5.23. The molecule has 1 fully saturated rings. The van der Waals surface area contributed by atoms with E-state index >= 15 is 0 Å². The third-order valence-electron chi connectivity index (χ3n) is 2.95. The van der Waals surface area contributed by atoms with Crippen molar-refractivity contribution in [2.24, 2.45) is 0 Å². The van der Waals surface area contributed by atoms with Crippen LogP contribution in [0.4, 0.5) is 0 Å². The maximum Gasteiger partial charge on any atom is 0.488 e. The van der Waals surface area contributed by atoms with Crippen LogP contribution in [0.3, 0.4) is 0 Å². The summed E-state index contributed by atoms with van der Waals surface area (Å²) in [4.78, 5) is 4.61. The fourth-order valence-electron chi connectivity index (χ4n) is 1.76. The predicted octanol–water partition coefficient (Wildman–Crippen LogP) is 1.37. The number of hydrogen-bond acceptors (Lipinski definition) is 4. The van der Waals surface area contributed by atoms with Crippen molar-refractivity contribution in [3.8, 4) is 11.3 Å². The Kier molecular flexibility index (Phi) is 2.74. The molecule has 2 N–H and O–H groups in total. The highest BCUT2D eigenvalue weighted by Gasteiger charge is 2.26. The lowest BCUT2D eigenvalue weighted by Crippen LogP contribution is -2.29. The van der Waals surface area contributed by atoms with Crippen LogP contribution in [0, 0.1) is 0 Å². The molecule has 0 radical (unpaired) electrons. The zero-order valence-corrected chi connectivity index (χ0v) is 10.0. The second kappa shape index (κ2) is 4.25. The zero-order valence-electron chi connectivity index (χ0n) is 9.21. The van der Waals surface area contributed by atoms with Gasteiger partial charge in [0.05, 0.1) is 10.7 Å². The van der Waals surface area contributed by atoms with E-state index in [-0.39, 0.29) is 0 Å². The Balaban J connectivity index is 1.86. The lowest BCUT2D eigenvalue weighted by Gasteiger charge is -2.00. The molecule has 0 atom stereocenters. The maximum atomic E-state index is 9.01. The molecule has 1 aromatic heterocycles. The first-order valence-electron chi connectivity index (χ1n) is 5.66. The van der Waals surface area contributed by atoms with Crippen molar-refractivity contribution in [2.75, 3.05) is 0 Å². The smallest absolute Gasteiger partial charge is 0.423 e. The van der Waals surface area contributed by atoms with Gasteiger partial charge < -0.3 is 10.0 Å². The van der Waals surface area contributed by atoms with E-state index in [4.69, 9.17) is 10.0 Å². The summed E-state index contributed by atoms with van der Waals surface area (Å²) in [6.07, 6.45) is 2.53. The van der Waals surface area contributed by atoms with Crippen molar-refractivity contribution in [3.63, 3.8) is 0 Å². The first kappa shape index (κ1) is 11.0. The van der Waals surface area contributed by atoms with Crippen molar-refractivity contribution < 1.29 is 10.0 Å². The number of rotatable bonds is 3. The third-order valence-corrected chi connectivity index (χ3v) is 3.96. The van der Waals surface area contributed by atoms with Gasteiger partial charge >= 0.3 is 7.12 Å². The molecular weight excluding hydrogens is 233 g/mol. The summed E-state index contributed by atoms with van der Waals surface area (Å²) in [5.41, 5.74) is 2.51. The van der Waals surface area contributed by atoms with Gasteiger partial charge in [0.25, 0.3) is 0 Å². The molecule has 5 heteroatoms. The molecule has 1 aliphatic rings. The van der Waals surface area contributed by atoms with Crippen LogP contribution in [-0.2, 0) is 0 Å². The lowest BCUT2D eigenvalue weighted by molar-refractivity contribution is 0.426. The van der Waals surface area contributed by atoms with Crippen molar-refractivity contribution in [1.29, 1.82) is 0 Å². The van der Waals surface area contributed by atoms with E-state index in [0.717, 1.165) is 11.3 Å². The highest BCUT2D eigenvalue weighted by Crippen LogP contribution is 2.42. The van der Waals surface area contributed by atoms with E-state index in [1.807, 2.05) is 12.1 Å². The fraction of sp³-hybridized carbons (Fsp3) is 0.250. The Labute approximate surface area is 104 Å². The topological polar surface area (TPSA) is 53.4 Å². The van der Waals surface area contributed by atoms with E-state index in [0.29, 0.717) is 11.4 Å². The Bertz CT molecular complexity index is 520. The van der Waals surface area contributed by atoms with Gasteiger partial charge in [0.1, 0.15) is 0 Å². The number of thiazole rings is 1. The molecule has 0 bridgehead atoms. The minimum Gasteiger partial charge on any atom is -0.423 e. The Hall–Kier alpha value is -1.17. The quantitative estimate of drug-likeness (QED) is 0.803. The summed E-state index contributed by atoms with van der Waals surface area (Å²) in [5.74, 6) is 0.687. The highest BCUT2D eigenvalue weighted by molar-refractivity contribution is 7.10. The molecule has 3 nitrogen and oxygen atoms in total. The molecule has 1 heterocycles. The van der Waals surface area contributed by atoms with Gasteiger partial charge in [0.15, 0.2) is 0 Å². The number of nitrogens with zero attached hydrogens (tertiary/aromatic N) is 1. The first-order chi connectivity index (χ1) is 8.24. The van der Waals surface area contributed by atoms with E-state index in [1.54, 1.807) is 23.5 Å². The lowest BCUT2D eigenvalue weighted by atomic mass is 9.80. The molecule has 0 amide bonds. The van der Waals surface area contributed by atoms with E-state index < -0.39 is 7.12 Å². The molecule has 0 spiro atoms. The van der Waals surface area contributed by atoms with Gasteiger partial charge in [0, 0.05) is 16.9 Å². The van der Waals surface area contributed by atoms with Crippen molar-refractivity contribution in [2.45, 2.75) is 18.8 Å². The summed E-state index contributed by atoms with van der Waals surface area (Å²) in [7, 11) is -1.40. The molecule has 3 rings (SSSR count). The van der Waals surface area contributed by atoms with Crippen LogP contribution in [-0.4, -0.2) is 22.2 Å². The van der Waals surface area contributed by atoms with Gasteiger partial charge in [-0.3, -0.25) is 0 Å². The summed E-state index contributed by atoms with van der Waals surface area (Å²) < 4.78 is 0.